The number of nitrogens with zero attached hydrogens (tertiary/aromatic N) is 2. The van der Waals surface area contributed by atoms with Gasteiger partial charge < -0.3 is 9.47 Å². The lowest BCUT2D eigenvalue weighted by atomic mass is 9.82. The molecule has 0 aliphatic heterocycles. The van der Waals surface area contributed by atoms with Gasteiger partial charge >= 0.3 is 0 Å². The second-order valence-electron chi connectivity index (χ2n) is 19.2. The second-order valence-corrected chi connectivity index (χ2v) is 19.2. The molecule has 0 atom stereocenters. The standard InChI is InChI=1S/C61H56N2/c1-7-8-9-10-17-41-24-27-43(28-25-41)63-58-23-16-13-20-52(58)53-32-26-42(37-59(53)63)47-33-29-44(36-40(47)2)62(45-30-34-50-48-18-11-14-21-54(48)60(3,4)56(50)38-45)46-31-35-51-49-19-12-15-22-55(49)61(5,6)57(51)39-46/h11-16,18-39H,7-10,17H2,1-6H3. The third kappa shape index (κ3) is 6.29. The fraction of sp³-hybridized carbons (Fsp3) is 0.213. The molecule has 0 radical (unpaired) electrons. The molecule has 1 heterocycles. The van der Waals surface area contributed by atoms with E-state index in [1.54, 1.807) is 0 Å². The number of fused-ring (bicyclic) bond motifs is 9. The average molecular weight is 817 g/mol. The molecule has 0 bridgehead atoms. The number of aromatic nitrogens is 1. The fourth-order valence-electron chi connectivity index (χ4n) is 11.2. The Morgan fingerprint density at radius 2 is 0.984 bits per heavy atom. The van der Waals surface area contributed by atoms with Crippen LogP contribution in [0, 0.1) is 6.92 Å². The SMILES string of the molecule is CCCCCCc1ccc(-n2c3ccccc3c3ccc(-c4ccc(N(c5ccc6c(c5)C(C)(C)c5ccccc5-6)c5ccc6c(c5)C(C)(C)c5ccccc5-6)cc4C)cc32)cc1. The predicted molar refractivity (Wildman–Crippen MR) is 269 cm³/mol. The molecule has 1 aromatic heterocycles. The molecule has 2 aliphatic rings. The highest BCUT2D eigenvalue weighted by Crippen LogP contribution is 2.53. The lowest BCUT2D eigenvalue weighted by Gasteiger charge is -2.30. The molecule has 11 rings (SSSR count). The molecule has 2 nitrogen and oxygen atoms in total. The topological polar surface area (TPSA) is 8.17 Å². The zero-order valence-electron chi connectivity index (χ0n) is 37.6. The van der Waals surface area contributed by atoms with Gasteiger partial charge in [0.05, 0.1) is 11.0 Å². The van der Waals surface area contributed by atoms with Crippen molar-refractivity contribution in [3.63, 3.8) is 0 Å². The Morgan fingerprint density at radius 3 is 1.60 bits per heavy atom. The van der Waals surface area contributed by atoms with Gasteiger partial charge in [0.2, 0.25) is 0 Å². The van der Waals surface area contributed by atoms with E-state index in [0.29, 0.717) is 0 Å². The summed E-state index contributed by atoms with van der Waals surface area (Å²) in [6.07, 6.45) is 6.28. The molecule has 0 saturated heterocycles. The van der Waals surface area contributed by atoms with Crippen molar-refractivity contribution >= 4 is 38.9 Å². The van der Waals surface area contributed by atoms with E-state index in [2.05, 4.69) is 221 Å². The lowest BCUT2D eigenvalue weighted by molar-refractivity contribution is 0.660. The van der Waals surface area contributed by atoms with Crippen LogP contribution in [0.3, 0.4) is 0 Å². The highest BCUT2D eigenvalue weighted by Gasteiger charge is 2.37. The Balaban J connectivity index is 1.02. The molecule has 310 valence electrons. The summed E-state index contributed by atoms with van der Waals surface area (Å²) < 4.78 is 2.46. The van der Waals surface area contributed by atoms with Crippen LogP contribution in [-0.4, -0.2) is 4.57 Å². The third-order valence-electron chi connectivity index (χ3n) is 14.6. The Bertz CT molecular complexity index is 3120. The Kier molecular flexibility index (Phi) is 9.35. The maximum absolute atomic E-state index is 2.49. The van der Waals surface area contributed by atoms with Crippen molar-refractivity contribution in [1.29, 1.82) is 0 Å². The summed E-state index contributed by atoms with van der Waals surface area (Å²) in [5.74, 6) is 0. The van der Waals surface area contributed by atoms with Crippen LogP contribution >= 0.6 is 0 Å². The molecule has 63 heavy (non-hydrogen) atoms. The van der Waals surface area contributed by atoms with Crippen LogP contribution in [0.5, 0.6) is 0 Å². The van der Waals surface area contributed by atoms with Crippen LogP contribution in [0.15, 0.2) is 170 Å². The first kappa shape index (κ1) is 39.2. The first-order valence-corrected chi connectivity index (χ1v) is 23.2. The minimum Gasteiger partial charge on any atom is -0.310 e. The maximum Gasteiger partial charge on any atom is 0.0547 e. The van der Waals surface area contributed by atoms with E-state index in [4.69, 9.17) is 0 Å². The quantitative estimate of drug-likeness (QED) is 0.125. The maximum atomic E-state index is 2.49. The van der Waals surface area contributed by atoms with Crippen LogP contribution < -0.4 is 4.90 Å². The van der Waals surface area contributed by atoms with Crippen molar-refractivity contribution in [3.8, 4) is 39.1 Å². The van der Waals surface area contributed by atoms with Gasteiger partial charge in [-0.2, -0.15) is 0 Å². The first-order chi connectivity index (χ1) is 30.6. The lowest BCUT2D eigenvalue weighted by Crippen LogP contribution is -2.18. The summed E-state index contributed by atoms with van der Waals surface area (Å²) in [5.41, 5.74) is 23.0. The van der Waals surface area contributed by atoms with Gasteiger partial charge in [-0.15, -0.1) is 0 Å². The zero-order valence-corrected chi connectivity index (χ0v) is 37.6. The number of unbranched alkanes of at least 4 members (excludes halogenated alkanes) is 3. The summed E-state index contributed by atoms with van der Waals surface area (Å²) in [6.45, 7) is 14.1. The molecular formula is C61H56N2. The van der Waals surface area contributed by atoms with E-state index in [0.717, 1.165) is 12.1 Å². The van der Waals surface area contributed by atoms with Crippen molar-refractivity contribution in [2.45, 2.75) is 84.5 Å². The summed E-state index contributed by atoms with van der Waals surface area (Å²) in [4.78, 5) is 2.49. The average Bonchev–Trinajstić information content (AvgIpc) is 3.84. The molecule has 0 saturated carbocycles. The summed E-state index contributed by atoms with van der Waals surface area (Å²) in [5, 5.41) is 2.56. The molecule has 0 amide bonds. The molecule has 2 heteroatoms. The van der Waals surface area contributed by atoms with Gasteiger partial charge in [0.1, 0.15) is 0 Å². The largest absolute Gasteiger partial charge is 0.310 e. The van der Waals surface area contributed by atoms with Gasteiger partial charge in [0.15, 0.2) is 0 Å². The number of rotatable bonds is 10. The molecule has 0 N–H and O–H groups in total. The fourth-order valence-corrected chi connectivity index (χ4v) is 11.2. The van der Waals surface area contributed by atoms with Gasteiger partial charge in [0.25, 0.3) is 0 Å². The van der Waals surface area contributed by atoms with Crippen LogP contribution in [-0.2, 0) is 17.3 Å². The molecule has 8 aromatic carbocycles. The van der Waals surface area contributed by atoms with E-state index >= 15 is 0 Å². The highest BCUT2D eigenvalue weighted by atomic mass is 15.1. The van der Waals surface area contributed by atoms with E-state index in [9.17, 15) is 0 Å². The number of hydrogen-bond acceptors (Lipinski definition) is 1. The van der Waals surface area contributed by atoms with Crippen molar-refractivity contribution < 1.29 is 0 Å². The van der Waals surface area contributed by atoms with Crippen LogP contribution in [0.4, 0.5) is 17.1 Å². The Hall–Kier alpha value is -6.64. The van der Waals surface area contributed by atoms with E-state index in [1.807, 2.05) is 0 Å². The molecule has 0 fully saturated rings. The number of anilines is 3. The van der Waals surface area contributed by atoms with Crippen molar-refractivity contribution in [1.82, 2.24) is 4.57 Å². The van der Waals surface area contributed by atoms with Crippen molar-refractivity contribution in [2.75, 3.05) is 4.90 Å². The van der Waals surface area contributed by atoms with Gasteiger partial charge in [-0.25, -0.2) is 0 Å². The molecule has 0 spiro atoms. The van der Waals surface area contributed by atoms with Crippen molar-refractivity contribution in [2.24, 2.45) is 0 Å². The third-order valence-corrected chi connectivity index (χ3v) is 14.6. The van der Waals surface area contributed by atoms with Gasteiger partial charge in [-0.3, -0.25) is 0 Å². The summed E-state index contributed by atoms with van der Waals surface area (Å²) in [6, 6.07) is 64.5. The number of benzene rings is 8. The van der Waals surface area contributed by atoms with Crippen LogP contribution in [0.1, 0.15) is 93.7 Å². The summed E-state index contributed by atoms with van der Waals surface area (Å²) in [7, 11) is 0. The molecule has 2 aliphatic carbocycles. The predicted octanol–water partition coefficient (Wildman–Crippen LogP) is 17.0. The molecule has 0 unspecified atom stereocenters. The number of aryl methyl sites for hydroxylation is 2. The minimum absolute atomic E-state index is 0.105. The van der Waals surface area contributed by atoms with Crippen LogP contribution in [0.2, 0.25) is 0 Å². The number of para-hydroxylation sites is 1. The van der Waals surface area contributed by atoms with Gasteiger partial charge in [0, 0.05) is 44.4 Å². The van der Waals surface area contributed by atoms with Crippen LogP contribution in [0.25, 0.3) is 60.9 Å². The van der Waals surface area contributed by atoms with E-state index in [-0.39, 0.29) is 10.8 Å². The number of hydrogen-bond donors (Lipinski definition) is 0. The molecule has 9 aromatic rings. The minimum atomic E-state index is -0.105. The first-order valence-electron chi connectivity index (χ1n) is 23.2. The monoisotopic (exact) mass is 816 g/mol. The highest BCUT2D eigenvalue weighted by molar-refractivity contribution is 6.10. The summed E-state index contributed by atoms with van der Waals surface area (Å²) >= 11 is 0. The molecular weight excluding hydrogens is 761 g/mol. The zero-order chi connectivity index (χ0) is 43.0. The van der Waals surface area contributed by atoms with Crippen molar-refractivity contribution in [3.05, 3.63) is 203 Å². The van der Waals surface area contributed by atoms with E-state index < -0.39 is 0 Å². The Labute approximate surface area is 373 Å². The normalized spacial score (nSPS) is 14.1. The smallest absolute Gasteiger partial charge is 0.0547 e. The Morgan fingerprint density at radius 1 is 0.444 bits per heavy atom. The van der Waals surface area contributed by atoms with Gasteiger partial charge in [-0.1, -0.05) is 163 Å². The van der Waals surface area contributed by atoms with Gasteiger partial charge in [-0.05, 0) is 147 Å². The second kappa shape index (κ2) is 15.0. The van der Waals surface area contributed by atoms with E-state index in [1.165, 1.54) is 131 Å².